The van der Waals surface area contributed by atoms with Crippen molar-refractivity contribution in [3.63, 3.8) is 0 Å². The van der Waals surface area contributed by atoms with Crippen molar-refractivity contribution < 1.29 is 0 Å². The zero-order valence-electron chi connectivity index (χ0n) is 13.9. The van der Waals surface area contributed by atoms with Gasteiger partial charge in [0.2, 0.25) is 0 Å². The van der Waals surface area contributed by atoms with Crippen molar-refractivity contribution in [2.75, 3.05) is 10.7 Å². The Kier molecular flexibility index (Phi) is 4.80. The first kappa shape index (κ1) is 16.8. The van der Waals surface area contributed by atoms with E-state index in [0.717, 1.165) is 11.3 Å². The maximum atomic E-state index is 6.03. The standard InChI is InChI=1S/C18H13ClN8/c19-13-2-1-3-14(8-13)26-17-15-16(22-10-23-17)18(24-11-21-15)27-25-9-12-4-6-20-7-5-12/h1-11H,(H,21,24,27)(H,22,23,26). The fourth-order valence-electron chi connectivity index (χ4n) is 2.37. The zero-order valence-corrected chi connectivity index (χ0v) is 14.7. The van der Waals surface area contributed by atoms with Crippen molar-refractivity contribution in [3.8, 4) is 0 Å². The molecule has 0 radical (unpaired) electrons. The predicted octanol–water partition coefficient (Wildman–Crippen LogP) is 3.66. The minimum atomic E-state index is 0.474. The first-order chi connectivity index (χ1) is 13.3. The van der Waals surface area contributed by atoms with E-state index in [4.69, 9.17) is 11.6 Å². The number of halogens is 1. The molecule has 0 bridgehead atoms. The molecular weight excluding hydrogens is 364 g/mol. The van der Waals surface area contributed by atoms with Crippen LogP contribution in [0, 0.1) is 0 Å². The Morgan fingerprint density at radius 2 is 1.63 bits per heavy atom. The van der Waals surface area contributed by atoms with Gasteiger partial charge in [-0.3, -0.25) is 10.4 Å². The molecule has 0 aliphatic heterocycles. The van der Waals surface area contributed by atoms with Gasteiger partial charge >= 0.3 is 0 Å². The van der Waals surface area contributed by atoms with Crippen LogP contribution in [0.4, 0.5) is 17.3 Å². The number of nitrogens with zero attached hydrogens (tertiary/aromatic N) is 6. The van der Waals surface area contributed by atoms with Gasteiger partial charge in [-0.2, -0.15) is 5.10 Å². The lowest BCUT2D eigenvalue weighted by molar-refractivity contribution is 1.13. The summed E-state index contributed by atoms with van der Waals surface area (Å²) in [6, 6.07) is 11.0. The van der Waals surface area contributed by atoms with E-state index in [1.807, 2.05) is 24.3 Å². The van der Waals surface area contributed by atoms with Gasteiger partial charge in [-0.05, 0) is 35.9 Å². The molecule has 4 rings (SSSR count). The number of benzene rings is 1. The summed E-state index contributed by atoms with van der Waals surface area (Å²) in [5.41, 5.74) is 5.71. The van der Waals surface area contributed by atoms with Crippen molar-refractivity contribution in [1.82, 2.24) is 24.9 Å². The van der Waals surface area contributed by atoms with Crippen LogP contribution < -0.4 is 10.7 Å². The number of nitrogens with one attached hydrogen (secondary N) is 2. The lowest BCUT2D eigenvalue weighted by Crippen LogP contribution is -2.01. The van der Waals surface area contributed by atoms with Crippen LogP contribution in [0.5, 0.6) is 0 Å². The third kappa shape index (κ3) is 3.96. The molecule has 0 unspecified atom stereocenters. The highest BCUT2D eigenvalue weighted by Crippen LogP contribution is 2.25. The molecule has 2 N–H and O–H groups in total. The monoisotopic (exact) mass is 376 g/mol. The Hall–Kier alpha value is -3.65. The summed E-state index contributed by atoms with van der Waals surface area (Å²) in [6.45, 7) is 0. The van der Waals surface area contributed by atoms with Gasteiger partial charge in [-0.15, -0.1) is 0 Å². The fourth-order valence-corrected chi connectivity index (χ4v) is 2.56. The Morgan fingerprint density at radius 1 is 0.889 bits per heavy atom. The molecule has 0 saturated heterocycles. The second kappa shape index (κ2) is 7.71. The van der Waals surface area contributed by atoms with Crippen molar-refractivity contribution in [2.24, 2.45) is 5.10 Å². The fraction of sp³-hybridized carbons (Fsp3) is 0. The molecule has 0 aliphatic rings. The number of fused-ring (bicyclic) bond motifs is 1. The molecule has 27 heavy (non-hydrogen) atoms. The van der Waals surface area contributed by atoms with Gasteiger partial charge in [-0.25, -0.2) is 19.9 Å². The topological polar surface area (TPSA) is 101 Å². The molecule has 4 aromatic rings. The Morgan fingerprint density at radius 3 is 2.41 bits per heavy atom. The third-order valence-electron chi connectivity index (χ3n) is 3.60. The Labute approximate surface area is 159 Å². The smallest absolute Gasteiger partial charge is 0.176 e. The molecule has 0 fully saturated rings. The van der Waals surface area contributed by atoms with Crippen molar-refractivity contribution >= 4 is 46.2 Å². The van der Waals surface area contributed by atoms with Gasteiger partial charge in [0.05, 0.1) is 6.21 Å². The molecule has 8 nitrogen and oxygen atoms in total. The number of hydrogen-bond acceptors (Lipinski definition) is 8. The van der Waals surface area contributed by atoms with E-state index in [9.17, 15) is 0 Å². The number of rotatable bonds is 5. The van der Waals surface area contributed by atoms with Gasteiger partial charge in [0, 0.05) is 23.1 Å². The Balaban J connectivity index is 1.63. The molecule has 0 saturated carbocycles. The SMILES string of the molecule is Clc1cccc(Nc2ncnc3c(NN=Cc4ccncc4)ncnc23)c1. The molecule has 0 atom stereocenters. The summed E-state index contributed by atoms with van der Waals surface area (Å²) in [7, 11) is 0. The molecule has 3 heterocycles. The lowest BCUT2D eigenvalue weighted by atomic mass is 10.3. The highest BCUT2D eigenvalue weighted by Gasteiger charge is 2.10. The highest BCUT2D eigenvalue weighted by atomic mass is 35.5. The molecule has 0 aliphatic carbocycles. The normalized spacial score (nSPS) is 11.0. The molecule has 3 aromatic heterocycles. The maximum Gasteiger partial charge on any atom is 0.176 e. The van der Waals surface area contributed by atoms with Crippen LogP contribution in [0.25, 0.3) is 11.0 Å². The quantitative estimate of drug-likeness (QED) is 0.405. The van der Waals surface area contributed by atoms with Crippen LogP contribution in [0.3, 0.4) is 0 Å². The first-order valence-corrected chi connectivity index (χ1v) is 8.35. The van der Waals surface area contributed by atoms with E-state index in [1.54, 1.807) is 30.7 Å². The largest absolute Gasteiger partial charge is 0.338 e. The maximum absolute atomic E-state index is 6.03. The van der Waals surface area contributed by atoms with Gasteiger partial charge in [0.15, 0.2) is 11.6 Å². The summed E-state index contributed by atoms with van der Waals surface area (Å²) < 4.78 is 0. The number of pyridine rings is 1. The summed E-state index contributed by atoms with van der Waals surface area (Å²) in [5, 5.41) is 8.02. The summed E-state index contributed by atoms with van der Waals surface area (Å²) in [6.07, 6.45) is 7.93. The van der Waals surface area contributed by atoms with Crippen LogP contribution in [0.15, 0.2) is 66.5 Å². The van der Waals surface area contributed by atoms with Gasteiger partial charge < -0.3 is 5.32 Å². The van der Waals surface area contributed by atoms with Crippen LogP contribution in [-0.4, -0.2) is 31.1 Å². The average molecular weight is 377 g/mol. The van der Waals surface area contributed by atoms with E-state index in [-0.39, 0.29) is 0 Å². The number of anilines is 3. The second-order valence-corrected chi connectivity index (χ2v) is 5.86. The summed E-state index contributed by atoms with van der Waals surface area (Å²) in [4.78, 5) is 21.0. The highest BCUT2D eigenvalue weighted by molar-refractivity contribution is 6.30. The number of hydrazone groups is 1. The molecular formula is C18H13ClN8. The summed E-state index contributed by atoms with van der Waals surface area (Å²) in [5.74, 6) is 1.02. The minimum absolute atomic E-state index is 0.474. The van der Waals surface area contributed by atoms with E-state index >= 15 is 0 Å². The third-order valence-corrected chi connectivity index (χ3v) is 3.83. The molecule has 132 valence electrons. The van der Waals surface area contributed by atoms with E-state index in [2.05, 4.69) is 40.8 Å². The summed E-state index contributed by atoms with van der Waals surface area (Å²) >= 11 is 6.03. The number of aromatic nitrogens is 5. The van der Waals surface area contributed by atoms with Crippen molar-refractivity contribution in [3.05, 3.63) is 72.0 Å². The van der Waals surface area contributed by atoms with Gasteiger partial charge in [0.25, 0.3) is 0 Å². The minimum Gasteiger partial charge on any atom is -0.338 e. The van der Waals surface area contributed by atoms with Crippen LogP contribution >= 0.6 is 11.6 Å². The predicted molar refractivity (Wildman–Crippen MR) is 105 cm³/mol. The first-order valence-electron chi connectivity index (χ1n) is 7.97. The molecule has 0 amide bonds. The zero-order chi connectivity index (χ0) is 18.5. The Bertz CT molecular complexity index is 1100. The number of hydrogen-bond donors (Lipinski definition) is 2. The average Bonchev–Trinajstić information content (AvgIpc) is 2.69. The van der Waals surface area contributed by atoms with Crippen molar-refractivity contribution in [2.45, 2.75) is 0 Å². The second-order valence-electron chi connectivity index (χ2n) is 5.43. The molecule has 9 heteroatoms. The van der Waals surface area contributed by atoms with Crippen molar-refractivity contribution in [1.29, 1.82) is 0 Å². The van der Waals surface area contributed by atoms with E-state index in [0.29, 0.717) is 27.7 Å². The van der Waals surface area contributed by atoms with Crippen LogP contribution in [0.1, 0.15) is 5.56 Å². The molecule has 0 spiro atoms. The van der Waals surface area contributed by atoms with Crippen LogP contribution in [0.2, 0.25) is 5.02 Å². The van der Waals surface area contributed by atoms with Gasteiger partial charge in [0.1, 0.15) is 23.7 Å². The van der Waals surface area contributed by atoms with Gasteiger partial charge in [-0.1, -0.05) is 17.7 Å². The lowest BCUT2D eigenvalue weighted by Gasteiger charge is -2.09. The molecule has 1 aromatic carbocycles. The van der Waals surface area contributed by atoms with Crippen LogP contribution in [-0.2, 0) is 0 Å². The van der Waals surface area contributed by atoms with E-state index < -0.39 is 0 Å². The van der Waals surface area contributed by atoms with E-state index in [1.165, 1.54) is 12.7 Å².